The number of hydrogen-bond donors (Lipinski definition) is 3. The molecular formula is C14H10N8O3. The highest BCUT2D eigenvalue weighted by Crippen LogP contribution is 2.22. The molecule has 4 aromatic heterocycles. The van der Waals surface area contributed by atoms with Crippen molar-refractivity contribution in [1.29, 1.82) is 0 Å². The molecule has 4 aromatic rings. The molecule has 11 nitrogen and oxygen atoms in total. The molecule has 0 unspecified atom stereocenters. The minimum Gasteiger partial charge on any atom is -0.463 e. The van der Waals surface area contributed by atoms with Crippen LogP contribution in [0.15, 0.2) is 41.5 Å². The van der Waals surface area contributed by atoms with E-state index in [4.69, 9.17) is 10.2 Å². The molecule has 4 N–H and O–H groups in total. The minimum atomic E-state index is -0.756. The maximum Gasteiger partial charge on any atom is 0.275 e. The zero-order chi connectivity index (χ0) is 17.4. The summed E-state index contributed by atoms with van der Waals surface area (Å²) < 4.78 is 6.68. The molecule has 0 aliphatic rings. The average molecular weight is 338 g/mol. The highest BCUT2D eigenvalue weighted by Gasteiger charge is 2.20. The molecule has 0 radical (unpaired) electrons. The number of furan rings is 1. The first-order chi connectivity index (χ1) is 12.1. The summed E-state index contributed by atoms with van der Waals surface area (Å²) in [6, 6.07) is 4.86. The third kappa shape index (κ3) is 2.49. The lowest BCUT2D eigenvalue weighted by Gasteiger charge is -2.07. The Labute approximate surface area is 138 Å². The van der Waals surface area contributed by atoms with Gasteiger partial charge in [0.15, 0.2) is 17.1 Å². The van der Waals surface area contributed by atoms with Crippen LogP contribution in [0.25, 0.3) is 17.1 Å². The van der Waals surface area contributed by atoms with Crippen LogP contribution < -0.4 is 11.1 Å². The van der Waals surface area contributed by atoms with Crippen molar-refractivity contribution in [1.82, 2.24) is 29.5 Å². The van der Waals surface area contributed by atoms with E-state index in [1.807, 2.05) is 0 Å². The molecule has 25 heavy (non-hydrogen) atoms. The van der Waals surface area contributed by atoms with Crippen molar-refractivity contribution >= 4 is 23.4 Å². The van der Waals surface area contributed by atoms with Gasteiger partial charge in [-0.25, -0.2) is 15.1 Å². The van der Waals surface area contributed by atoms with Gasteiger partial charge in [-0.05, 0) is 18.2 Å². The molecule has 124 valence electrons. The Morgan fingerprint density at radius 1 is 1.32 bits per heavy atom. The summed E-state index contributed by atoms with van der Waals surface area (Å²) in [6.45, 7) is 0. The second-order valence-corrected chi connectivity index (χ2v) is 4.94. The quantitative estimate of drug-likeness (QED) is 0.487. The van der Waals surface area contributed by atoms with Crippen molar-refractivity contribution in [2.24, 2.45) is 5.73 Å². The summed E-state index contributed by atoms with van der Waals surface area (Å²) in [6.07, 6.45) is 4.03. The number of H-pyrrole nitrogens is 1. The number of aromatic nitrogens is 6. The van der Waals surface area contributed by atoms with Crippen LogP contribution in [0.2, 0.25) is 0 Å². The van der Waals surface area contributed by atoms with Crippen molar-refractivity contribution in [3.63, 3.8) is 0 Å². The number of nitrogens with zero attached hydrogens (tertiary/aromatic N) is 5. The number of fused-ring (bicyclic) bond motifs is 1. The lowest BCUT2D eigenvalue weighted by atomic mass is 10.2. The third-order valence-corrected chi connectivity index (χ3v) is 3.39. The molecular weight excluding hydrogens is 328 g/mol. The second kappa shape index (κ2) is 5.56. The van der Waals surface area contributed by atoms with E-state index in [1.165, 1.54) is 29.4 Å². The number of hydrogen-bond acceptors (Lipinski definition) is 7. The first kappa shape index (κ1) is 14.6. The zero-order valence-corrected chi connectivity index (χ0v) is 12.5. The Balaban J connectivity index is 1.89. The number of primary amides is 1. The van der Waals surface area contributed by atoms with Gasteiger partial charge in [0.1, 0.15) is 24.0 Å². The van der Waals surface area contributed by atoms with E-state index in [0.717, 1.165) is 0 Å². The van der Waals surface area contributed by atoms with Gasteiger partial charge in [0.2, 0.25) is 5.95 Å². The third-order valence-electron chi connectivity index (χ3n) is 3.39. The Morgan fingerprint density at radius 3 is 2.88 bits per heavy atom. The number of aromatic amines is 1. The van der Waals surface area contributed by atoms with Gasteiger partial charge < -0.3 is 10.2 Å². The molecule has 0 fully saturated rings. The maximum absolute atomic E-state index is 12.6. The van der Waals surface area contributed by atoms with Gasteiger partial charge in [0, 0.05) is 0 Å². The van der Waals surface area contributed by atoms with Gasteiger partial charge in [-0.15, -0.1) is 0 Å². The van der Waals surface area contributed by atoms with E-state index < -0.39 is 11.8 Å². The van der Waals surface area contributed by atoms with Gasteiger partial charge in [0.05, 0.1) is 6.26 Å². The van der Waals surface area contributed by atoms with Crippen LogP contribution in [0.4, 0.5) is 5.95 Å². The van der Waals surface area contributed by atoms with Gasteiger partial charge in [-0.1, -0.05) is 0 Å². The minimum absolute atomic E-state index is 0.0536. The molecule has 4 heterocycles. The molecule has 0 aliphatic heterocycles. The molecule has 0 aromatic carbocycles. The van der Waals surface area contributed by atoms with Crippen LogP contribution in [0.5, 0.6) is 0 Å². The van der Waals surface area contributed by atoms with Crippen molar-refractivity contribution < 1.29 is 14.0 Å². The summed E-state index contributed by atoms with van der Waals surface area (Å²) in [5.41, 5.74) is 5.93. The molecule has 11 heteroatoms. The Bertz CT molecular complexity index is 1070. The van der Waals surface area contributed by atoms with Crippen LogP contribution >= 0.6 is 0 Å². The van der Waals surface area contributed by atoms with Crippen LogP contribution in [0.3, 0.4) is 0 Å². The van der Waals surface area contributed by atoms with Gasteiger partial charge >= 0.3 is 0 Å². The fraction of sp³-hybridized carbons (Fsp3) is 0. The smallest absolute Gasteiger partial charge is 0.275 e. The number of rotatable bonds is 4. The Hall–Kier alpha value is -4.02. The summed E-state index contributed by atoms with van der Waals surface area (Å²) in [7, 11) is 0. The van der Waals surface area contributed by atoms with Crippen molar-refractivity contribution in [2.75, 3.05) is 5.32 Å². The van der Waals surface area contributed by atoms with Crippen LogP contribution in [0.1, 0.15) is 21.0 Å². The Morgan fingerprint density at radius 2 is 2.20 bits per heavy atom. The van der Waals surface area contributed by atoms with E-state index in [1.54, 1.807) is 12.1 Å². The van der Waals surface area contributed by atoms with E-state index in [-0.39, 0.29) is 23.0 Å². The molecule has 0 saturated carbocycles. The summed E-state index contributed by atoms with van der Waals surface area (Å²) in [5.74, 6) is -0.670. The maximum atomic E-state index is 12.6. The topological polar surface area (TPSA) is 157 Å². The van der Waals surface area contributed by atoms with E-state index in [0.29, 0.717) is 11.5 Å². The first-order valence-corrected chi connectivity index (χ1v) is 7.02. The monoisotopic (exact) mass is 338 g/mol. The van der Waals surface area contributed by atoms with E-state index in [2.05, 4.69) is 30.5 Å². The van der Waals surface area contributed by atoms with Crippen LogP contribution in [-0.2, 0) is 0 Å². The summed E-state index contributed by atoms with van der Waals surface area (Å²) in [5, 5.41) is 8.73. The zero-order valence-electron chi connectivity index (χ0n) is 12.5. The van der Waals surface area contributed by atoms with Crippen molar-refractivity contribution in [3.8, 4) is 11.5 Å². The summed E-state index contributed by atoms with van der Waals surface area (Å²) in [4.78, 5) is 36.3. The lowest BCUT2D eigenvalue weighted by Crippen LogP contribution is -2.18. The molecule has 0 saturated heterocycles. The molecule has 4 rings (SSSR count). The second-order valence-electron chi connectivity index (χ2n) is 4.94. The predicted octanol–water partition coefficient (Wildman–Crippen LogP) is 0.459. The number of nitrogens with one attached hydrogen (secondary N) is 2. The highest BCUT2D eigenvalue weighted by atomic mass is 16.3. The number of carbonyl (C=O) groups excluding carboxylic acids is 2. The standard InChI is InChI=1S/C14H10N8O3/c15-11(23)10-12-19-7(9-2-1-3-25-9)4-8(22(12)6-17-10)13(24)20-14-16-5-18-21-14/h1-6H,(H2,15,23)(H2,16,18,20,21,24). The van der Waals surface area contributed by atoms with Crippen LogP contribution in [0, 0.1) is 0 Å². The largest absolute Gasteiger partial charge is 0.463 e. The Kier molecular flexibility index (Phi) is 3.24. The number of anilines is 1. The molecule has 0 atom stereocenters. The lowest BCUT2D eigenvalue weighted by molar-refractivity contribution is 0.0993. The van der Waals surface area contributed by atoms with Crippen LogP contribution in [-0.4, -0.2) is 41.4 Å². The molecule has 0 aliphatic carbocycles. The predicted molar refractivity (Wildman–Crippen MR) is 83.5 cm³/mol. The van der Waals surface area contributed by atoms with Crippen molar-refractivity contribution in [2.45, 2.75) is 0 Å². The normalized spacial score (nSPS) is 10.9. The fourth-order valence-electron chi connectivity index (χ4n) is 2.31. The number of imidazole rings is 1. The van der Waals surface area contributed by atoms with Gasteiger partial charge in [0.25, 0.3) is 11.8 Å². The SMILES string of the molecule is NC(=O)c1ncn2c(C(=O)Nc3ncn[nH]3)cc(-c3ccco3)nc12. The van der Waals surface area contributed by atoms with E-state index in [9.17, 15) is 9.59 Å². The average Bonchev–Trinajstić information content (AvgIpc) is 3.34. The van der Waals surface area contributed by atoms with Gasteiger partial charge in [-0.2, -0.15) is 10.1 Å². The number of amides is 2. The number of nitrogens with two attached hydrogens (primary N) is 1. The number of carbonyl (C=O) groups is 2. The van der Waals surface area contributed by atoms with E-state index >= 15 is 0 Å². The molecule has 2 amide bonds. The summed E-state index contributed by atoms with van der Waals surface area (Å²) >= 11 is 0. The van der Waals surface area contributed by atoms with Crippen molar-refractivity contribution in [3.05, 3.63) is 48.5 Å². The molecule has 0 spiro atoms. The highest BCUT2D eigenvalue weighted by molar-refractivity contribution is 6.04. The van der Waals surface area contributed by atoms with Gasteiger partial charge in [-0.3, -0.25) is 19.3 Å². The molecule has 0 bridgehead atoms. The fourth-order valence-corrected chi connectivity index (χ4v) is 2.31. The first-order valence-electron chi connectivity index (χ1n) is 7.02.